The van der Waals surface area contributed by atoms with Crippen molar-refractivity contribution in [3.05, 3.63) is 65.2 Å². The van der Waals surface area contributed by atoms with Gasteiger partial charge in [0.25, 0.3) is 5.91 Å². The molecule has 2 saturated carbocycles. The summed E-state index contributed by atoms with van der Waals surface area (Å²) < 4.78 is 39.8. The summed E-state index contributed by atoms with van der Waals surface area (Å²) >= 11 is 0. The molecule has 2 fully saturated rings. The summed E-state index contributed by atoms with van der Waals surface area (Å²) in [6.45, 7) is 2.50. The number of aliphatic imine (C=N–C) groups is 1. The van der Waals surface area contributed by atoms with Crippen LogP contribution in [0, 0.1) is 17.8 Å². The number of hydrogen-bond donors (Lipinski definition) is 2. The number of benzodiazepines with no additional fused rings is 1. The topological polar surface area (TPSA) is 82.0 Å². The number of halogens is 3. The lowest BCUT2D eigenvalue weighted by atomic mass is 9.91. The molecule has 2 amide bonds. The van der Waals surface area contributed by atoms with E-state index in [-0.39, 0.29) is 5.91 Å². The molecule has 9 heteroatoms. The minimum Gasteiger partial charge on any atom is -0.392 e. The van der Waals surface area contributed by atoms with Crippen molar-refractivity contribution in [1.82, 2.24) is 5.32 Å². The average molecular weight is 556 g/mol. The predicted molar refractivity (Wildman–Crippen MR) is 147 cm³/mol. The third-order valence-electron chi connectivity index (χ3n) is 8.05. The fraction of sp³-hybridized carbons (Fsp3) is 0.516. The predicted octanol–water partition coefficient (Wildman–Crippen LogP) is 5.71. The van der Waals surface area contributed by atoms with Crippen LogP contribution in [-0.4, -0.2) is 41.4 Å². The molecule has 2 aliphatic carbocycles. The summed E-state index contributed by atoms with van der Waals surface area (Å²) in [5.74, 6) is -0.721. The number of alkyl halides is 3. The average Bonchev–Trinajstić information content (AvgIpc) is 3.86. The first-order valence-corrected chi connectivity index (χ1v) is 14.3. The lowest BCUT2D eigenvalue weighted by Crippen LogP contribution is -2.51. The number of fused-ring (bicyclic) bond motifs is 1. The number of amides is 2. The van der Waals surface area contributed by atoms with E-state index < -0.39 is 35.8 Å². The van der Waals surface area contributed by atoms with E-state index in [1.165, 1.54) is 12.1 Å². The highest BCUT2D eigenvalue weighted by Crippen LogP contribution is 2.38. The first kappa shape index (κ1) is 28.3. The fourth-order valence-electron chi connectivity index (χ4n) is 5.33. The number of aliphatic hydroxyl groups is 1. The monoisotopic (exact) mass is 555 g/mol. The Morgan fingerprint density at radius 2 is 1.75 bits per heavy atom. The summed E-state index contributed by atoms with van der Waals surface area (Å²) in [6.07, 6.45) is 0.217. The standard InChI is InChI=1S/C31H36F3N3O3/c1-2-3-8-26(38)24(17-19-9-10-19)29(39)36-28-30(40)37(18-20-11-12-20)25-7-5-4-6-23(25)27(35-28)21-13-15-22(16-14-21)31(32,33)34/h4-7,13-16,19-20,24,26,28,38H,2-3,8-12,17-18H2,1H3,(H,36,39)/t24-,26-,28?/m0/s1. The molecule has 40 heavy (non-hydrogen) atoms. The van der Waals surface area contributed by atoms with Crippen LogP contribution in [0.1, 0.15) is 75.0 Å². The fourth-order valence-corrected chi connectivity index (χ4v) is 5.33. The molecule has 3 aliphatic rings. The first-order valence-electron chi connectivity index (χ1n) is 14.3. The zero-order valence-corrected chi connectivity index (χ0v) is 22.7. The van der Waals surface area contributed by atoms with Crippen molar-refractivity contribution < 1.29 is 27.9 Å². The van der Waals surface area contributed by atoms with Gasteiger partial charge in [-0.3, -0.25) is 9.59 Å². The van der Waals surface area contributed by atoms with E-state index in [0.717, 1.165) is 50.7 Å². The maximum atomic E-state index is 14.0. The quantitative estimate of drug-likeness (QED) is 0.373. The number of nitrogens with zero attached hydrogens (tertiary/aromatic N) is 2. The SMILES string of the molecule is CCCC[C@H](O)[C@H](CC1CC1)C(=O)NC1N=C(c2ccc(C(F)(F)F)cc2)c2ccccc2N(CC2CC2)C1=O. The Kier molecular flexibility index (Phi) is 8.31. The minimum absolute atomic E-state index is 0.339. The number of unbranched alkanes of at least 4 members (excludes halogenated alkanes) is 1. The van der Waals surface area contributed by atoms with Crippen LogP contribution in [0.5, 0.6) is 0 Å². The van der Waals surface area contributed by atoms with Gasteiger partial charge in [-0.25, -0.2) is 4.99 Å². The van der Waals surface area contributed by atoms with Gasteiger partial charge in [0.1, 0.15) is 0 Å². The van der Waals surface area contributed by atoms with Gasteiger partial charge in [0.05, 0.1) is 29.0 Å². The van der Waals surface area contributed by atoms with Crippen molar-refractivity contribution >= 4 is 23.2 Å². The van der Waals surface area contributed by atoms with Crippen LogP contribution in [0.15, 0.2) is 53.5 Å². The summed E-state index contributed by atoms with van der Waals surface area (Å²) in [4.78, 5) is 33.9. The number of hydrogen-bond acceptors (Lipinski definition) is 4. The normalized spacial score (nSPS) is 20.8. The Hall–Kier alpha value is -3.20. The van der Waals surface area contributed by atoms with Gasteiger partial charge in [0.15, 0.2) is 0 Å². The van der Waals surface area contributed by atoms with E-state index in [4.69, 9.17) is 4.99 Å². The zero-order chi connectivity index (χ0) is 28.4. The van der Waals surface area contributed by atoms with Gasteiger partial charge in [-0.1, -0.05) is 62.9 Å². The van der Waals surface area contributed by atoms with E-state index in [1.807, 2.05) is 19.1 Å². The van der Waals surface area contributed by atoms with E-state index in [2.05, 4.69) is 5.32 Å². The van der Waals surface area contributed by atoms with Gasteiger partial charge < -0.3 is 15.3 Å². The van der Waals surface area contributed by atoms with E-state index in [1.54, 1.807) is 17.0 Å². The molecule has 214 valence electrons. The van der Waals surface area contributed by atoms with E-state index in [0.29, 0.717) is 53.7 Å². The molecule has 5 rings (SSSR count). The molecule has 6 nitrogen and oxygen atoms in total. The first-order chi connectivity index (χ1) is 19.2. The Labute approximate surface area is 232 Å². The van der Waals surface area contributed by atoms with Crippen LogP contribution in [0.2, 0.25) is 0 Å². The second-order valence-electron chi connectivity index (χ2n) is 11.4. The number of para-hydroxylation sites is 1. The summed E-state index contributed by atoms with van der Waals surface area (Å²) in [6, 6.07) is 11.9. The Bertz CT molecular complexity index is 1250. The van der Waals surface area contributed by atoms with E-state index >= 15 is 0 Å². The van der Waals surface area contributed by atoms with Gasteiger partial charge in [-0.05, 0) is 55.7 Å². The van der Waals surface area contributed by atoms with Crippen LogP contribution >= 0.6 is 0 Å². The molecule has 0 radical (unpaired) electrons. The van der Waals surface area contributed by atoms with Crippen molar-refractivity contribution in [1.29, 1.82) is 0 Å². The van der Waals surface area contributed by atoms with Crippen LogP contribution < -0.4 is 10.2 Å². The lowest BCUT2D eigenvalue weighted by molar-refractivity contribution is -0.137. The number of rotatable bonds is 11. The molecule has 1 aliphatic heterocycles. The second kappa shape index (κ2) is 11.7. The summed E-state index contributed by atoms with van der Waals surface area (Å²) in [5, 5.41) is 13.7. The Morgan fingerprint density at radius 1 is 1.07 bits per heavy atom. The van der Waals surface area contributed by atoms with Crippen molar-refractivity contribution in [3.8, 4) is 0 Å². The van der Waals surface area contributed by atoms with Gasteiger partial charge in [-0.2, -0.15) is 13.2 Å². The number of carbonyl (C=O) groups is 2. The third-order valence-corrected chi connectivity index (χ3v) is 8.05. The van der Waals surface area contributed by atoms with Crippen molar-refractivity contribution in [2.24, 2.45) is 22.7 Å². The molecule has 3 atom stereocenters. The molecule has 2 aromatic rings. The summed E-state index contributed by atoms with van der Waals surface area (Å²) in [5.41, 5.74) is 1.21. The van der Waals surface area contributed by atoms with Crippen molar-refractivity contribution in [3.63, 3.8) is 0 Å². The molecule has 0 spiro atoms. The number of nitrogens with one attached hydrogen (secondary N) is 1. The van der Waals surface area contributed by atoms with Gasteiger partial charge in [0, 0.05) is 17.7 Å². The van der Waals surface area contributed by atoms with E-state index in [9.17, 15) is 27.9 Å². The molecular formula is C31H36F3N3O3. The third kappa shape index (κ3) is 6.57. The van der Waals surface area contributed by atoms with Gasteiger partial charge in [0.2, 0.25) is 12.1 Å². The molecular weight excluding hydrogens is 519 g/mol. The second-order valence-corrected chi connectivity index (χ2v) is 11.4. The molecule has 0 bridgehead atoms. The van der Waals surface area contributed by atoms with Crippen LogP contribution in [0.3, 0.4) is 0 Å². The number of anilines is 1. The van der Waals surface area contributed by atoms with Crippen LogP contribution in [0.4, 0.5) is 18.9 Å². The minimum atomic E-state index is -4.48. The summed E-state index contributed by atoms with van der Waals surface area (Å²) in [7, 11) is 0. The number of aliphatic hydroxyl groups excluding tert-OH is 1. The van der Waals surface area contributed by atoms with Crippen LogP contribution in [0.25, 0.3) is 0 Å². The highest BCUT2D eigenvalue weighted by molar-refractivity contribution is 6.20. The highest BCUT2D eigenvalue weighted by atomic mass is 19.4. The zero-order valence-electron chi connectivity index (χ0n) is 22.7. The molecule has 0 aromatic heterocycles. The van der Waals surface area contributed by atoms with Gasteiger partial charge >= 0.3 is 6.18 Å². The Morgan fingerprint density at radius 3 is 2.38 bits per heavy atom. The molecule has 2 aromatic carbocycles. The number of carbonyl (C=O) groups excluding carboxylic acids is 2. The Balaban J connectivity index is 1.51. The maximum Gasteiger partial charge on any atom is 0.416 e. The van der Waals surface area contributed by atoms with Crippen molar-refractivity contribution in [2.45, 2.75) is 76.7 Å². The van der Waals surface area contributed by atoms with Crippen molar-refractivity contribution in [2.75, 3.05) is 11.4 Å². The smallest absolute Gasteiger partial charge is 0.392 e. The van der Waals surface area contributed by atoms with Crippen LogP contribution in [-0.2, 0) is 15.8 Å². The molecule has 2 N–H and O–H groups in total. The molecule has 1 heterocycles. The van der Waals surface area contributed by atoms with Gasteiger partial charge in [-0.15, -0.1) is 0 Å². The number of benzene rings is 2. The lowest BCUT2D eigenvalue weighted by Gasteiger charge is -2.27. The highest BCUT2D eigenvalue weighted by Gasteiger charge is 2.39. The maximum absolute atomic E-state index is 14.0. The largest absolute Gasteiger partial charge is 0.416 e. The molecule has 1 unspecified atom stereocenters. The molecule has 0 saturated heterocycles.